The standard InChI is InChI=1S/C11H15NO3/c1-6-9(5-10(14)15)12(4)7(2)11(6)8(3)13/h5H2,1-4H3,(H,14,15). The Morgan fingerprint density at radius 2 is 1.87 bits per heavy atom. The maximum atomic E-state index is 11.4. The number of carboxylic acids is 1. The van der Waals surface area contributed by atoms with Gasteiger partial charge in [-0.15, -0.1) is 0 Å². The van der Waals surface area contributed by atoms with Crippen LogP contribution in [0.25, 0.3) is 0 Å². The number of rotatable bonds is 3. The largest absolute Gasteiger partial charge is 0.481 e. The van der Waals surface area contributed by atoms with Gasteiger partial charge in [-0.1, -0.05) is 0 Å². The Labute approximate surface area is 88.5 Å². The van der Waals surface area contributed by atoms with Gasteiger partial charge in [-0.05, 0) is 26.3 Å². The summed E-state index contributed by atoms with van der Waals surface area (Å²) in [5, 5.41) is 8.76. The molecular formula is C11H15NO3. The van der Waals surface area contributed by atoms with E-state index in [4.69, 9.17) is 5.11 Å². The lowest BCUT2D eigenvalue weighted by Gasteiger charge is -2.02. The van der Waals surface area contributed by atoms with E-state index >= 15 is 0 Å². The molecule has 0 saturated heterocycles. The predicted molar refractivity (Wildman–Crippen MR) is 56.2 cm³/mol. The summed E-state index contributed by atoms with van der Waals surface area (Å²) in [6.07, 6.45) is -0.0452. The summed E-state index contributed by atoms with van der Waals surface area (Å²) in [6.45, 7) is 5.12. The second-order valence-corrected chi connectivity index (χ2v) is 3.72. The molecule has 0 radical (unpaired) electrons. The molecular weight excluding hydrogens is 194 g/mol. The van der Waals surface area contributed by atoms with Gasteiger partial charge >= 0.3 is 5.97 Å². The molecule has 1 N–H and O–H groups in total. The van der Waals surface area contributed by atoms with Gasteiger partial charge in [0.25, 0.3) is 0 Å². The van der Waals surface area contributed by atoms with E-state index in [9.17, 15) is 9.59 Å². The van der Waals surface area contributed by atoms with E-state index in [0.717, 1.165) is 11.3 Å². The van der Waals surface area contributed by atoms with Gasteiger partial charge in [0.05, 0.1) is 6.42 Å². The first-order valence-corrected chi connectivity index (χ1v) is 4.73. The van der Waals surface area contributed by atoms with Gasteiger partial charge in [0.2, 0.25) is 0 Å². The van der Waals surface area contributed by atoms with Gasteiger partial charge in [0.1, 0.15) is 0 Å². The predicted octanol–water partition coefficient (Wildman–Crippen LogP) is 1.47. The minimum Gasteiger partial charge on any atom is -0.481 e. The Morgan fingerprint density at radius 3 is 2.20 bits per heavy atom. The number of nitrogens with zero attached hydrogens (tertiary/aromatic N) is 1. The molecule has 0 saturated carbocycles. The summed E-state index contributed by atoms with van der Waals surface area (Å²) in [7, 11) is 1.78. The second-order valence-electron chi connectivity index (χ2n) is 3.72. The summed E-state index contributed by atoms with van der Waals surface area (Å²) >= 11 is 0. The van der Waals surface area contributed by atoms with Crippen LogP contribution < -0.4 is 0 Å². The molecule has 0 aromatic carbocycles. The van der Waals surface area contributed by atoms with Gasteiger partial charge in [-0.2, -0.15) is 0 Å². The monoisotopic (exact) mass is 209 g/mol. The third-order valence-corrected chi connectivity index (χ3v) is 2.75. The zero-order valence-corrected chi connectivity index (χ0v) is 9.42. The molecule has 0 aliphatic carbocycles. The van der Waals surface area contributed by atoms with Crippen molar-refractivity contribution in [1.29, 1.82) is 0 Å². The van der Waals surface area contributed by atoms with E-state index in [0.29, 0.717) is 11.3 Å². The summed E-state index contributed by atoms with van der Waals surface area (Å²) in [5.74, 6) is -0.897. The maximum absolute atomic E-state index is 11.4. The third kappa shape index (κ3) is 1.93. The number of carboxylic acid groups (broad SMARTS) is 1. The Balaban J connectivity index is 3.36. The van der Waals surface area contributed by atoms with Crippen molar-refractivity contribution in [3.63, 3.8) is 0 Å². The number of hydrogen-bond acceptors (Lipinski definition) is 2. The first-order valence-electron chi connectivity index (χ1n) is 4.73. The lowest BCUT2D eigenvalue weighted by Crippen LogP contribution is -2.07. The molecule has 1 rings (SSSR count). The fourth-order valence-electron chi connectivity index (χ4n) is 1.95. The van der Waals surface area contributed by atoms with Gasteiger partial charge in [-0.3, -0.25) is 9.59 Å². The Hall–Kier alpha value is -1.58. The summed E-state index contributed by atoms with van der Waals surface area (Å²) in [6, 6.07) is 0. The Kier molecular flexibility index (Phi) is 2.98. The van der Waals surface area contributed by atoms with Crippen LogP contribution in [-0.4, -0.2) is 21.4 Å². The van der Waals surface area contributed by atoms with E-state index in [2.05, 4.69) is 0 Å². The Morgan fingerprint density at radius 1 is 1.33 bits per heavy atom. The zero-order valence-electron chi connectivity index (χ0n) is 9.42. The van der Waals surface area contributed by atoms with Crippen LogP contribution in [0.4, 0.5) is 0 Å². The van der Waals surface area contributed by atoms with Crippen molar-refractivity contribution in [2.24, 2.45) is 7.05 Å². The number of carbonyl (C=O) groups excluding carboxylic acids is 1. The molecule has 0 fully saturated rings. The van der Waals surface area contributed by atoms with E-state index in [1.807, 2.05) is 6.92 Å². The van der Waals surface area contributed by atoms with Crippen LogP contribution in [0.5, 0.6) is 0 Å². The van der Waals surface area contributed by atoms with Crippen LogP contribution in [0.3, 0.4) is 0 Å². The highest BCUT2D eigenvalue weighted by Gasteiger charge is 2.19. The molecule has 0 spiro atoms. The van der Waals surface area contributed by atoms with Gasteiger partial charge in [-0.25, -0.2) is 0 Å². The number of aromatic nitrogens is 1. The van der Waals surface area contributed by atoms with E-state index in [1.165, 1.54) is 6.92 Å². The first-order chi connectivity index (χ1) is 6.86. The van der Waals surface area contributed by atoms with Crippen molar-refractivity contribution in [2.75, 3.05) is 0 Å². The molecule has 1 aromatic heterocycles. The van der Waals surface area contributed by atoms with Crippen molar-refractivity contribution >= 4 is 11.8 Å². The highest BCUT2D eigenvalue weighted by atomic mass is 16.4. The molecule has 0 unspecified atom stereocenters. The number of aliphatic carboxylic acids is 1. The lowest BCUT2D eigenvalue weighted by molar-refractivity contribution is -0.136. The summed E-state index contributed by atoms with van der Waals surface area (Å²) in [5.41, 5.74) is 2.96. The molecule has 4 heteroatoms. The first kappa shape index (κ1) is 11.5. The smallest absolute Gasteiger partial charge is 0.309 e. The molecule has 0 bridgehead atoms. The molecule has 0 amide bonds. The van der Waals surface area contributed by atoms with Crippen molar-refractivity contribution in [1.82, 2.24) is 4.57 Å². The topological polar surface area (TPSA) is 59.3 Å². The van der Waals surface area contributed by atoms with E-state index in [-0.39, 0.29) is 12.2 Å². The second kappa shape index (κ2) is 3.88. The molecule has 0 aliphatic rings. The number of hydrogen-bond donors (Lipinski definition) is 1. The van der Waals surface area contributed by atoms with Crippen LogP contribution in [0.1, 0.15) is 34.2 Å². The summed E-state index contributed by atoms with van der Waals surface area (Å²) < 4.78 is 1.78. The summed E-state index contributed by atoms with van der Waals surface area (Å²) in [4.78, 5) is 22.0. The van der Waals surface area contributed by atoms with E-state index < -0.39 is 5.97 Å². The van der Waals surface area contributed by atoms with Crippen molar-refractivity contribution < 1.29 is 14.7 Å². The van der Waals surface area contributed by atoms with Crippen molar-refractivity contribution in [2.45, 2.75) is 27.2 Å². The SMILES string of the molecule is CC(=O)c1c(C)c(CC(=O)O)n(C)c1C. The molecule has 1 aromatic rings. The number of ketones is 1. The Bertz CT molecular complexity index is 430. The maximum Gasteiger partial charge on any atom is 0.309 e. The van der Waals surface area contributed by atoms with Crippen molar-refractivity contribution in [3.05, 3.63) is 22.5 Å². The fraction of sp³-hybridized carbons (Fsp3) is 0.455. The average molecular weight is 209 g/mol. The zero-order chi connectivity index (χ0) is 11.7. The van der Waals surface area contributed by atoms with Crippen molar-refractivity contribution in [3.8, 4) is 0 Å². The van der Waals surface area contributed by atoms with Gasteiger partial charge < -0.3 is 9.67 Å². The normalized spacial score (nSPS) is 10.4. The van der Waals surface area contributed by atoms with E-state index in [1.54, 1.807) is 18.5 Å². The molecule has 0 atom stereocenters. The van der Waals surface area contributed by atoms with Crippen LogP contribution in [-0.2, 0) is 18.3 Å². The van der Waals surface area contributed by atoms with Crippen LogP contribution in [0.2, 0.25) is 0 Å². The lowest BCUT2D eigenvalue weighted by atomic mass is 10.1. The number of carbonyl (C=O) groups is 2. The van der Waals surface area contributed by atoms with Crippen LogP contribution in [0.15, 0.2) is 0 Å². The fourth-order valence-corrected chi connectivity index (χ4v) is 1.95. The molecule has 1 heterocycles. The van der Waals surface area contributed by atoms with Gasteiger partial charge in [0.15, 0.2) is 5.78 Å². The van der Waals surface area contributed by atoms with Crippen LogP contribution in [0, 0.1) is 13.8 Å². The van der Waals surface area contributed by atoms with Crippen LogP contribution >= 0.6 is 0 Å². The molecule has 82 valence electrons. The molecule has 4 nitrogen and oxygen atoms in total. The third-order valence-electron chi connectivity index (χ3n) is 2.75. The number of Topliss-reactive ketones (excluding diaryl/α,β-unsaturated/α-hetero) is 1. The minimum absolute atomic E-state index is 0.0164. The molecule has 15 heavy (non-hydrogen) atoms. The highest BCUT2D eigenvalue weighted by Crippen LogP contribution is 2.21. The average Bonchev–Trinajstić information content (AvgIpc) is 2.29. The highest BCUT2D eigenvalue weighted by molar-refractivity contribution is 5.97. The molecule has 0 aliphatic heterocycles. The minimum atomic E-state index is -0.881. The quantitative estimate of drug-likeness (QED) is 0.767. The van der Waals surface area contributed by atoms with Gasteiger partial charge in [0, 0.05) is 24.0 Å².